The fourth-order valence-corrected chi connectivity index (χ4v) is 2.06. The molecule has 0 atom stereocenters. The molecule has 0 N–H and O–H groups in total. The monoisotopic (exact) mass is 313 g/mol. The van der Waals surface area contributed by atoms with Gasteiger partial charge in [0.1, 0.15) is 0 Å². The van der Waals surface area contributed by atoms with Gasteiger partial charge in [0.25, 0.3) is 0 Å². The Labute approximate surface area is 132 Å². The summed E-state index contributed by atoms with van der Waals surface area (Å²) in [6, 6.07) is 16.2. The topological polar surface area (TPSA) is 59.2 Å². The standard InChI is InChI=1S/C16H12ClN3O2/c1-20(13-5-3-2-4-6-13)16(21)15-19-18-14(22-15)11-7-9-12(17)10-8-11/h2-10H,1H3. The van der Waals surface area contributed by atoms with Crippen LogP contribution in [0.3, 0.4) is 0 Å². The fourth-order valence-electron chi connectivity index (χ4n) is 1.93. The third-order valence-corrected chi connectivity index (χ3v) is 3.40. The number of halogens is 1. The number of anilines is 1. The largest absolute Gasteiger partial charge is 0.412 e. The Morgan fingerprint density at radius 3 is 2.41 bits per heavy atom. The normalized spacial score (nSPS) is 10.5. The molecule has 0 saturated heterocycles. The van der Waals surface area contributed by atoms with Crippen LogP contribution in [0.1, 0.15) is 10.7 Å². The Bertz CT molecular complexity index is 785. The summed E-state index contributed by atoms with van der Waals surface area (Å²) in [5.74, 6) is -0.142. The van der Waals surface area contributed by atoms with Crippen LogP contribution in [0.2, 0.25) is 5.02 Å². The summed E-state index contributed by atoms with van der Waals surface area (Å²) < 4.78 is 5.46. The molecular formula is C16H12ClN3O2. The molecule has 1 amide bonds. The molecule has 0 fully saturated rings. The maximum atomic E-state index is 12.4. The number of carbonyl (C=O) groups is 1. The van der Waals surface area contributed by atoms with Gasteiger partial charge in [-0.2, -0.15) is 0 Å². The maximum absolute atomic E-state index is 12.4. The highest BCUT2D eigenvalue weighted by Gasteiger charge is 2.20. The lowest BCUT2D eigenvalue weighted by molar-refractivity contribution is 0.0960. The molecule has 0 aliphatic carbocycles. The second-order valence-electron chi connectivity index (χ2n) is 4.62. The van der Waals surface area contributed by atoms with Gasteiger partial charge in [-0.25, -0.2) is 0 Å². The smallest absolute Gasteiger partial charge is 0.315 e. The van der Waals surface area contributed by atoms with Crippen molar-refractivity contribution in [3.63, 3.8) is 0 Å². The van der Waals surface area contributed by atoms with Crippen LogP contribution >= 0.6 is 11.6 Å². The predicted octanol–water partition coefficient (Wildman–Crippen LogP) is 3.67. The Morgan fingerprint density at radius 1 is 1.05 bits per heavy atom. The molecule has 3 rings (SSSR count). The molecule has 22 heavy (non-hydrogen) atoms. The minimum atomic E-state index is -0.362. The molecule has 0 aliphatic rings. The van der Waals surface area contributed by atoms with Crippen molar-refractivity contribution in [1.82, 2.24) is 10.2 Å². The van der Waals surface area contributed by atoms with Crippen LogP contribution in [0.15, 0.2) is 59.0 Å². The van der Waals surface area contributed by atoms with E-state index in [0.29, 0.717) is 10.6 Å². The first-order valence-corrected chi connectivity index (χ1v) is 6.95. The molecule has 0 bridgehead atoms. The molecule has 2 aromatic carbocycles. The zero-order valence-corrected chi connectivity index (χ0v) is 12.5. The molecule has 1 heterocycles. The summed E-state index contributed by atoms with van der Waals surface area (Å²) in [5, 5.41) is 8.34. The molecule has 1 aromatic heterocycles. The Morgan fingerprint density at radius 2 is 1.73 bits per heavy atom. The second kappa shape index (κ2) is 5.99. The van der Waals surface area contributed by atoms with Gasteiger partial charge in [0, 0.05) is 23.3 Å². The predicted molar refractivity (Wildman–Crippen MR) is 83.9 cm³/mol. The van der Waals surface area contributed by atoms with Gasteiger partial charge in [-0.3, -0.25) is 4.79 Å². The van der Waals surface area contributed by atoms with Crippen molar-refractivity contribution in [2.45, 2.75) is 0 Å². The van der Waals surface area contributed by atoms with Crippen molar-refractivity contribution >= 4 is 23.2 Å². The number of para-hydroxylation sites is 1. The van der Waals surface area contributed by atoms with Gasteiger partial charge in [0.15, 0.2) is 0 Å². The van der Waals surface area contributed by atoms with Gasteiger partial charge >= 0.3 is 11.8 Å². The second-order valence-corrected chi connectivity index (χ2v) is 5.06. The number of hydrogen-bond donors (Lipinski definition) is 0. The van der Waals surface area contributed by atoms with Crippen LogP contribution in [0, 0.1) is 0 Å². The van der Waals surface area contributed by atoms with Gasteiger partial charge in [0.2, 0.25) is 5.89 Å². The van der Waals surface area contributed by atoms with Gasteiger partial charge in [-0.15, -0.1) is 10.2 Å². The van der Waals surface area contributed by atoms with Crippen molar-refractivity contribution in [3.8, 4) is 11.5 Å². The Kier molecular flexibility index (Phi) is 3.89. The van der Waals surface area contributed by atoms with E-state index in [1.165, 1.54) is 4.90 Å². The molecule has 0 radical (unpaired) electrons. The van der Waals surface area contributed by atoms with E-state index in [0.717, 1.165) is 5.69 Å². The third-order valence-electron chi connectivity index (χ3n) is 3.15. The molecule has 0 unspecified atom stereocenters. The molecule has 6 heteroatoms. The molecule has 0 aliphatic heterocycles. The summed E-state index contributed by atoms with van der Waals surface area (Å²) in [6.45, 7) is 0. The summed E-state index contributed by atoms with van der Waals surface area (Å²) in [4.78, 5) is 13.8. The molecule has 3 aromatic rings. The van der Waals surface area contributed by atoms with E-state index < -0.39 is 0 Å². The van der Waals surface area contributed by atoms with Crippen LogP contribution in [0.4, 0.5) is 5.69 Å². The van der Waals surface area contributed by atoms with Crippen molar-refractivity contribution in [2.75, 3.05) is 11.9 Å². The number of rotatable bonds is 3. The lowest BCUT2D eigenvalue weighted by Crippen LogP contribution is -2.26. The van der Waals surface area contributed by atoms with Crippen LogP contribution in [0.25, 0.3) is 11.5 Å². The quantitative estimate of drug-likeness (QED) is 0.740. The van der Waals surface area contributed by atoms with Crippen molar-refractivity contribution in [3.05, 3.63) is 65.5 Å². The molecular weight excluding hydrogens is 302 g/mol. The maximum Gasteiger partial charge on any atom is 0.315 e. The van der Waals surface area contributed by atoms with E-state index in [-0.39, 0.29) is 17.7 Å². The average molecular weight is 314 g/mol. The molecule has 0 spiro atoms. The highest BCUT2D eigenvalue weighted by molar-refractivity contribution is 6.30. The number of aromatic nitrogens is 2. The van der Waals surface area contributed by atoms with Gasteiger partial charge in [0.05, 0.1) is 0 Å². The van der Waals surface area contributed by atoms with Crippen molar-refractivity contribution < 1.29 is 9.21 Å². The van der Waals surface area contributed by atoms with E-state index >= 15 is 0 Å². The third kappa shape index (κ3) is 2.84. The number of benzene rings is 2. The highest BCUT2D eigenvalue weighted by Crippen LogP contribution is 2.21. The number of hydrogen-bond acceptors (Lipinski definition) is 4. The Balaban J connectivity index is 1.84. The first-order valence-electron chi connectivity index (χ1n) is 6.58. The fraction of sp³-hybridized carbons (Fsp3) is 0.0625. The lowest BCUT2D eigenvalue weighted by atomic mass is 10.2. The first kappa shape index (κ1) is 14.3. The highest BCUT2D eigenvalue weighted by atomic mass is 35.5. The SMILES string of the molecule is CN(C(=O)c1nnc(-c2ccc(Cl)cc2)o1)c1ccccc1. The lowest BCUT2D eigenvalue weighted by Gasteiger charge is -2.14. The first-order chi connectivity index (χ1) is 10.6. The van der Waals surface area contributed by atoms with Crippen molar-refractivity contribution in [2.24, 2.45) is 0 Å². The molecule has 0 saturated carbocycles. The van der Waals surface area contributed by atoms with Crippen molar-refractivity contribution in [1.29, 1.82) is 0 Å². The van der Waals surface area contributed by atoms with Gasteiger partial charge in [-0.1, -0.05) is 29.8 Å². The number of carbonyl (C=O) groups excluding carboxylic acids is 1. The molecule has 110 valence electrons. The minimum Gasteiger partial charge on any atom is -0.412 e. The summed E-state index contributed by atoms with van der Waals surface area (Å²) >= 11 is 5.84. The number of nitrogens with zero attached hydrogens (tertiary/aromatic N) is 3. The van der Waals surface area contributed by atoms with Crippen LogP contribution in [0.5, 0.6) is 0 Å². The van der Waals surface area contributed by atoms with Gasteiger partial charge in [-0.05, 0) is 36.4 Å². The zero-order chi connectivity index (χ0) is 15.5. The average Bonchev–Trinajstić information content (AvgIpc) is 3.05. The van der Waals surface area contributed by atoms with Crippen LogP contribution < -0.4 is 4.90 Å². The van der Waals surface area contributed by atoms with Gasteiger partial charge < -0.3 is 9.32 Å². The number of amides is 1. The van der Waals surface area contributed by atoms with E-state index in [9.17, 15) is 4.79 Å². The minimum absolute atomic E-state index is 0.0590. The zero-order valence-electron chi connectivity index (χ0n) is 11.7. The summed E-state index contributed by atoms with van der Waals surface area (Å²) in [7, 11) is 1.66. The Hall–Kier alpha value is -2.66. The van der Waals surface area contributed by atoms with E-state index in [4.69, 9.17) is 16.0 Å². The van der Waals surface area contributed by atoms with E-state index in [1.807, 2.05) is 30.3 Å². The van der Waals surface area contributed by atoms with Crippen LogP contribution in [-0.2, 0) is 0 Å². The molecule has 5 nitrogen and oxygen atoms in total. The summed E-state index contributed by atoms with van der Waals surface area (Å²) in [5.41, 5.74) is 1.46. The van der Waals surface area contributed by atoms with Crippen LogP contribution in [-0.4, -0.2) is 23.2 Å². The van der Waals surface area contributed by atoms with E-state index in [2.05, 4.69) is 10.2 Å². The summed E-state index contributed by atoms with van der Waals surface area (Å²) in [6.07, 6.45) is 0. The van der Waals surface area contributed by atoms with E-state index in [1.54, 1.807) is 31.3 Å².